The van der Waals surface area contributed by atoms with E-state index in [1.807, 2.05) is 70.1 Å². The van der Waals surface area contributed by atoms with Gasteiger partial charge in [-0.25, -0.2) is 9.78 Å². The van der Waals surface area contributed by atoms with Crippen molar-refractivity contribution in [2.45, 2.75) is 39.0 Å². The van der Waals surface area contributed by atoms with Gasteiger partial charge < -0.3 is 29.9 Å². The van der Waals surface area contributed by atoms with Gasteiger partial charge in [0, 0.05) is 43.7 Å². The van der Waals surface area contributed by atoms with Gasteiger partial charge in [-0.3, -0.25) is 15.6 Å². The van der Waals surface area contributed by atoms with Crippen molar-refractivity contribution in [2.75, 3.05) is 18.0 Å². The number of imidazole rings is 1. The molecule has 1 aromatic heterocycles. The van der Waals surface area contributed by atoms with Gasteiger partial charge in [0.1, 0.15) is 23.5 Å². The van der Waals surface area contributed by atoms with Crippen LogP contribution in [0.4, 0.5) is 5.69 Å². The lowest BCUT2D eigenvalue weighted by atomic mass is 10.1. The lowest BCUT2D eigenvalue weighted by Gasteiger charge is -2.33. The number of carboxylic acid groups (broad SMARTS) is 1. The highest BCUT2D eigenvalue weighted by Crippen LogP contribution is 2.28. The standard InChI is InChI=1S/C39H39N7O4/c1-26(40)44-22-19-31(20-23-44)50-30-16-14-29(15-17-30)46(38(47)32-11-5-6-12-33(32)39(48)49)25-36-43-34-24-28(37(41)42)13-18-35(34)45(36)21-7-10-27-8-3-2-4-9-27/h2-18,24,31,40H,19-23,25H2,1H3,(H3,41,42)(H,48,49). The predicted molar refractivity (Wildman–Crippen MR) is 195 cm³/mol. The van der Waals surface area contributed by atoms with Crippen molar-refractivity contribution in [3.63, 3.8) is 0 Å². The Hall–Kier alpha value is -6.23. The molecule has 4 aromatic carbocycles. The third-order valence-electron chi connectivity index (χ3n) is 8.84. The molecule has 1 fully saturated rings. The van der Waals surface area contributed by atoms with E-state index < -0.39 is 11.9 Å². The van der Waals surface area contributed by atoms with Crippen molar-refractivity contribution < 1.29 is 19.4 Å². The van der Waals surface area contributed by atoms with Gasteiger partial charge in [-0.15, -0.1) is 0 Å². The Balaban J connectivity index is 1.36. The lowest BCUT2D eigenvalue weighted by Crippen LogP contribution is -2.40. The Kier molecular flexibility index (Phi) is 10.0. The number of allylic oxidation sites excluding steroid dienone is 1. The number of aromatic nitrogens is 2. The molecule has 0 unspecified atom stereocenters. The number of carboxylic acids is 1. The summed E-state index contributed by atoms with van der Waals surface area (Å²) in [5.74, 6) is 0.0139. The van der Waals surface area contributed by atoms with Crippen molar-refractivity contribution in [1.82, 2.24) is 14.5 Å². The maximum atomic E-state index is 14.3. The summed E-state index contributed by atoms with van der Waals surface area (Å²) in [7, 11) is 0. The molecule has 0 saturated carbocycles. The highest BCUT2D eigenvalue weighted by atomic mass is 16.5. The van der Waals surface area contributed by atoms with Gasteiger partial charge in [-0.2, -0.15) is 0 Å². The highest BCUT2D eigenvalue weighted by molar-refractivity contribution is 6.12. The number of rotatable bonds is 11. The van der Waals surface area contributed by atoms with Gasteiger partial charge in [0.05, 0.1) is 34.5 Å². The summed E-state index contributed by atoms with van der Waals surface area (Å²) in [6, 6.07) is 28.7. The van der Waals surface area contributed by atoms with E-state index in [1.165, 1.54) is 17.0 Å². The molecule has 5 aromatic rings. The predicted octanol–water partition coefficient (Wildman–Crippen LogP) is 6.42. The normalized spacial score (nSPS) is 13.4. The quantitative estimate of drug-likeness (QED) is 0.0932. The molecular formula is C39H39N7O4. The lowest BCUT2D eigenvalue weighted by molar-refractivity contribution is 0.0692. The van der Waals surface area contributed by atoms with Crippen LogP contribution in [0.3, 0.4) is 0 Å². The van der Waals surface area contributed by atoms with Crippen LogP contribution in [0.15, 0.2) is 103 Å². The number of likely N-dealkylation sites (tertiary alicyclic amines) is 1. The van der Waals surface area contributed by atoms with Crippen molar-refractivity contribution in [2.24, 2.45) is 5.73 Å². The molecule has 11 nitrogen and oxygen atoms in total. The van der Waals surface area contributed by atoms with Crippen molar-refractivity contribution in [3.05, 3.63) is 131 Å². The van der Waals surface area contributed by atoms with Crippen LogP contribution >= 0.6 is 0 Å². The zero-order valence-corrected chi connectivity index (χ0v) is 27.8. The number of nitrogens with one attached hydrogen (secondary N) is 2. The van der Waals surface area contributed by atoms with Gasteiger partial charge in [0.2, 0.25) is 0 Å². The van der Waals surface area contributed by atoms with Gasteiger partial charge in [-0.05, 0) is 67.1 Å². The van der Waals surface area contributed by atoms with Gasteiger partial charge in [-0.1, -0.05) is 54.6 Å². The molecule has 1 aliphatic heterocycles. The summed E-state index contributed by atoms with van der Waals surface area (Å²) in [4.78, 5) is 35.0. The number of nitrogens with two attached hydrogens (primary N) is 1. The summed E-state index contributed by atoms with van der Waals surface area (Å²) >= 11 is 0. The molecular weight excluding hydrogens is 630 g/mol. The molecule has 6 rings (SSSR count). The molecule has 0 spiro atoms. The first-order valence-electron chi connectivity index (χ1n) is 16.4. The molecule has 1 aliphatic rings. The minimum absolute atomic E-state index is 0.0142. The van der Waals surface area contributed by atoms with Crippen LogP contribution in [-0.2, 0) is 13.1 Å². The summed E-state index contributed by atoms with van der Waals surface area (Å²) in [6.45, 7) is 3.79. The van der Waals surface area contributed by atoms with Gasteiger partial charge in [0.25, 0.3) is 5.91 Å². The number of benzene rings is 4. The number of carbonyl (C=O) groups is 2. The summed E-state index contributed by atoms with van der Waals surface area (Å²) < 4.78 is 8.27. The third kappa shape index (κ3) is 7.57. The first kappa shape index (κ1) is 33.7. The van der Waals surface area contributed by atoms with Crippen LogP contribution in [-0.4, -0.2) is 62.3 Å². The molecule has 11 heteroatoms. The van der Waals surface area contributed by atoms with Crippen molar-refractivity contribution in [3.8, 4) is 5.75 Å². The molecule has 5 N–H and O–H groups in total. The first-order chi connectivity index (χ1) is 24.2. The SMILES string of the molecule is CC(=N)N1CCC(Oc2ccc(N(Cc3nc4cc(C(=N)N)ccc4n3CC=Cc3ccccc3)C(=O)c3ccccc3C(=O)O)cc2)CC1. The van der Waals surface area contributed by atoms with Crippen LogP contribution in [0.2, 0.25) is 0 Å². The van der Waals surface area contributed by atoms with E-state index in [2.05, 4.69) is 0 Å². The maximum Gasteiger partial charge on any atom is 0.336 e. The summed E-state index contributed by atoms with van der Waals surface area (Å²) in [5.41, 5.74) is 9.29. The van der Waals surface area contributed by atoms with Crippen LogP contribution in [0.25, 0.3) is 17.1 Å². The summed E-state index contributed by atoms with van der Waals surface area (Å²) in [6.07, 6.45) is 5.65. The highest BCUT2D eigenvalue weighted by Gasteiger charge is 2.26. The number of fused-ring (bicyclic) bond motifs is 1. The average molecular weight is 670 g/mol. The molecule has 0 radical (unpaired) electrons. The molecule has 1 saturated heterocycles. The fraction of sp³-hybridized carbons (Fsp3) is 0.205. The minimum atomic E-state index is -1.20. The number of aromatic carboxylic acids is 1. The molecule has 2 heterocycles. The zero-order valence-electron chi connectivity index (χ0n) is 27.8. The number of carbonyl (C=O) groups excluding carboxylic acids is 1. The smallest absolute Gasteiger partial charge is 0.336 e. The van der Waals surface area contributed by atoms with E-state index in [0.29, 0.717) is 40.7 Å². The summed E-state index contributed by atoms with van der Waals surface area (Å²) in [5, 5.41) is 25.8. The fourth-order valence-corrected chi connectivity index (χ4v) is 6.16. The molecule has 50 heavy (non-hydrogen) atoms. The van der Waals surface area contributed by atoms with E-state index in [1.54, 1.807) is 43.3 Å². The monoisotopic (exact) mass is 669 g/mol. The van der Waals surface area contributed by atoms with Crippen LogP contribution in [0.1, 0.15) is 57.4 Å². The number of nitrogens with zero attached hydrogens (tertiary/aromatic N) is 4. The van der Waals surface area contributed by atoms with E-state index >= 15 is 0 Å². The average Bonchev–Trinajstić information content (AvgIpc) is 3.47. The van der Waals surface area contributed by atoms with E-state index in [-0.39, 0.29) is 29.6 Å². The van der Waals surface area contributed by atoms with Gasteiger partial charge in [0.15, 0.2) is 0 Å². The fourth-order valence-electron chi connectivity index (χ4n) is 6.16. The third-order valence-corrected chi connectivity index (χ3v) is 8.84. The Morgan fingerprint density at radius 2 is 1.64 bits per heavy atom. The first-order valence-corrected chi connectivity index (χ1v) is 16.4. The van der Waals surface area contributed by atoms with E-state index in [4.69, 9.17) is 26.3 Å². The largest absolute Gasteiger partial charge is 0.490 e. The Morgan fingerprint density at radius 1 is 0.960 bits per heavy atom. The second-order valence-corrected chi connectivity index (χ2v) is 12.2. The topological polar surface area (TPSA) is 162 Å². The molecule has 254 valence electrons. The number of amidine groups is 2. The number of anilines is 1. The number of ether oxygens (including phenoxy) is 1. The molecule has 1 amide bonds. The van der Waals surface area contributed by atoms with Crippen molar-refractivity contribution in [1.29, 1.82) is 10.8 Å². The number of piperidine rings is 1. The second kappa shape index (κ2) is 14.9. The number of hydrogen-bond donors (Lipinski definition) is 4. The molecule has 0 bridgehead atoms. The van der Waals surface area contributed by atoms with Crippen LogP contribution in [0, 0.1) is 10.8 Å². The Bertz CT molecular complexity index is 2060. The van der Waals surface area contributed by atoms with Gasteiger partial charge >= 0.3 is 5.97 Å². The van der Waals surface area contributed by atoms with E-state index in [9.17, 15) is 14.7 Å². The van der Waals surface area contributed by atoms with Crippen LogP contribution < -0.4 is 15.4 Å². The Morgan fingerprint density at radius 3 is 2.30 bits per heavy atom. The number of nitrogen functional groups attached to an aromatic ring is 1. The Labute approximate surface area is 290 Å². The zero-order chi connectivity index (χ0) is 35.2. The van der Waals surface area contributed by atoms with Crippen molar-refractivity contribution >= 4 is 46.3 Å². The molecule has 0 aliphatic carbocycles. The maximum absolute atomic E-state index is 14.3. The molecule has 0 atom stereocenters. The number of hydrogen-bond acceptors (Lipinski definition) is 6. The van der Waals surface area contributed by atoms with E-state index in [0.717, 1.165) is 37.0 Å². The minimum Gasteiger partial charge on any atom is -0.490 e. The second-order valence-electron chi connectivity index (χ2n) is 12.2. The van der Waals surface area contributed by atoms with Crippen LogP contribution in [0.5, 0.6) is 5.75 Å². The number of amides is 1.